The van der Waals surface area contributed by atoms with Gasteiger partial charge in [0.25, 0.3) is 5.91 Å². The van der Waals surface area contributed by atoms with E-state index in [1.165, 1.54) is 0 Å². The normalized spacial score (nSPS) is 23.1. The summed E-state index contributed by atoms with van der Waals surface area (Å²) in [6.07, 6.45) is 3.05. The molecule has 1 amide bonds. The second kappa shape index (κ2) is 6.39. The van der Waals surface area contributed by atoms with Crippen molar-refractivity contribution in [2.24, 2.45) is 0 Å². The van der Waals surface area contributed by atoms with Gasteiger partial charge in [-0.15, -0.1) is 0 Å². The van der Waals surface area contributed by atoms with Crippen LogP contribution in [-0.4, -0.2) is 32.9 Å². The number of hydrogen-bond acceptors (Lipinski definition) is 3. The molecule has 1 aromatic rings. The third kappa shape index (κ3) is 3.39. The number of amides is 1. The molecule has 0 spiro atoms. The molecule has 1 fully saturated rings. The SMILES string of the molecule is CCn1nc(C(C)C)cc1C(=O)NC1CCC(O)CC1. The number of carbonyl (C=O) groups is 1. The number of hydrogen-bond donors (Lipinski definition) is 2. The maximum Gasteiger partial charge on any atom is 0.269 e. The van der Waals surface area contributed by atoms with Crippen LogP contribution in [0.25, 0.3) is 0 Å². The molecule has 1 aliphatic rings. The maximum atomic E-state index is 12.4. The van der Waals surface area contributed by atoms with Gasteiger partial charge in [-0.3, -0.25) is 9.48 Å². The molecule has 1 saturated carbocycles. The fourth-order valence-electron chi connectivity index (χ4n) is 2.62. The number of aryl methyl sites for hydroxylation is 1. The summed E-state index contributed by atoms with van der Waals surface area (Å²) in [5.41, 5.74) is 1.60. The van der Waals surface area contributed by atoms with Crippen LogP contribution in [0.3, 0.4) is 0 Å². The first-order valence-electron chi connectivity index (χ1n) is 7.58. The van der Waals surface area contributed by atoms with Crippen LogP contribution in [0.4, 0.5) is 0 Å². The zero-order valence-corrected chi connectivity index (χ0v) is 12.6. The van der Waals surface area contributed by atoms with Crippen LogP contribution in [0.15, 0.2) is 6.07 Å². The minimum absolute atomic E-state index is 0.0485. The van der Waals surface area contributed by atoms with E-state index in [1.807, 2.05) is 13.0 Å². The van der Waals surface area contributed by atoms with Gasteiger partial charge in [-0.2, -0.15) is 5.10 Å². The van der Waals surface area contributed by atoms with E-state index in [-0.39, 0.29) is 18.1 Å². The third-order valence-corrected chi connectivity index (χ3v) is 3.95. The van der Waals surface area contributed by atoms with E-state index < -0.39 is 0 Å². The fourth-order valence-corrected chi connectivity index (χ4v) is 2.62. The molecule has 0 unspecified atom stereocenters. The molecule has 2 N–H and O–H groups in total. The van der Waals surface area contributed by atoms with E-state index in [9.17, 15) is 9.90 Å². The van der Waals surface area contributed by atoms with Crippen LogP contribution in [0.1, 0.15) is 68.6 Å². The highest BCUT2D eigenvalue weighted by molar-refractivity contribution is 5.92. The van der Waals surface area contributed by atoms with Crippen molar-refractivity contribution in [3.05, 3.63) is 17.5 Å². The van der Waals surface area contributed by atoms with E-state index in [2.05, 4.69) is 24.3 Å². The Balaban J connectivity index is 2.05. The molecule has 20 heavy (non-hydrogen) atoms. The predicted molar refractivity (Wildman–Crippen MR) is 77.7 cm³/mol. The third-order valence-electron chi connectivity index (χ3n) is 3.95. The second-order valence-electron chi connectivity index (χ2n) is 5.90. The first kappa shape index (κ1) is 15.0. The molecule has 5 heteroatoms. The minimum Gasteiger partial charge on any atom is -0.393 e. The molecule has 0 bridgehead atoms. The van der Waals surface area contributed by atoms with Crippen molar-refractivity contribution < 1.29 is 9.90 Å². The molecule has 1 heterocycles. The Morgan fingerprint density at radius 2 is 2.10 bits per heavy atom. The van der Waals surface area contributed by atoms with Gasteiger partial charge in [0.15, 0.2) is 0 Å². The largest absolute Gasteiger partial charge is 0.393 e. The first-order valence-corrected chi connectivity index (χ1v) is 7.58. The van der Waals surface area contributed by atoms with Gasteiger partial charge in [-0.05, 0) is 44.6 Å². The lowest BCUT2D eigenvalue weighted by molar-refractivity contribution is 0.0858. The molecule has 0 aliphatic heterocycles. The first-order chi connectivity index (χ1) is 9.51. The van der Waals surface area contributed by atoms with Crippen LogP contribution < -0.4 is 5.32 Å². The van der Waals surface area contributed by atoms with E-state index in [0.717, 1.165) is 31.4 Å². The number of rotatable bonds is 4. The van der Waals surface area contributed by atoms with Crippen molar-refractivity contribution in [2.75, 3.05) is 0 Å². The number of carbonyl (C=O) groups excluding carboxylic acids is 1. The van der Waals surface area contributed by atoms with Crippen molar-refractivity contribution >= 4 is 5.91 Å². The molecular formula is C15H25N3O2. The van der Waals surface area contributed by atoms with Gasteiger partial charge in [0.05, 0.1) is 11.8 Å². The summed E-state index contributed by atoms with van der Waals surface area (Å²) in [5, 5.41) is 17.0. The molecule has 1 aromatic heterocycles. The Labute approximate surface area is 120 Å². The highest BCUT2D eigenvalue weighted by Crippen LogP contribution is 2.19. The number of aromatic nitrogens is 2. The van der Waals surface area contributed by atoms with E-state index in [0.29, 0.717) is 18.2 Å². The molecular weight excluding hydrogens is 254 g/mol. The zero-order valence-electron chi connectivity index (χ0n) is 12.6. The minimum atomic E-state index is -0.197. The van der Waals surface area contributed by atoms with Gasteiger partial charge in [-0.1, -0.05) is 13.8 Å². The molecule has 0 atom stereocenters. The summed E-state index contributed by atoms with van der Waals surface area (Å²) in [4.78, 5) is 12.4. The summed E-state index contributed by atoms with van der Waals surface area (Å²) in [6.45, 7) is 6.84. The smallest absolute Gasteiger partial charge is 0.269 e. The van der Waals surface area contributed by atoms with Crippen molar-refractivity contribution in [1.82, 2.24) is 15.1 Å². The monoisotopic (exact) mass is 279 g/mol. The Bertz CT molecular complexity index is 460. The average molecular weight is 279 g/mol. The van der Waals surface area contributed by atoms with Crippen molar-refractivity contribution in [3.63, 3.8) is 0 Å². The summed E-state index contributed by atoms with van der Waals surface area (Å²) in [6, 6.07) is 2.06. The van der Waals surface area contributed by atoms with Crippen molar-refractivity contribution in [3.8, 4) is 0 Å². The lowest BCUT2D eigenvalue weighted by Gasteiger charge is -2.26. The Morgan fingerprint density at radius 3 is 2.65 bits per heavy atom. The summed E-state index contributed by atoms with van der Waals surface area (Å²) in [7, 11) is 0. The van der Waals surface area contributed by atoms with Crippen LogP contribution in [0.5, 0.6) is 0 Å². The number of nitrogens with one attached hydrogen (secondary N) is 1. The standard InChI is InChI=1S/C15H25N3O2/c1-4-18-14(9-13(17-18)10(2)3)15(20)16-11-5-7-12(19)8-6-11/h9-12,19H,4-8H2,1-3H3,(H,16,20). The van der Waals surface area contributed by atoms with E-state index in [1.54, 1.807) is 4.68 Å². The summed E-state index contributed by atoms with van der Waals surface area (Å²) < 4.78 is 1.77. The van der Waals surface area contributed by atoms with Crippen LogP contribution in [-0.2, 0) is 6.54 Å². The second-order valence-corrected chi connectivity index (χ2v) is 5.90. The Kier molecular flexibility index (Phi) is 4.81. The predicted octanol–water partition coefficient (Wildman–Crippen LogP) is 2.06. The molecule has 1 aliphatic carbocycles. The lowest BCUT2D eigenvalue weighted by Crippen LogP contribution is -2.39. The average Bonchev–Trinajstić information content (AvgIpc) is 2.86. The van der Waals surface area contributed by atoms with Crippen LogP contribution >= 0.6 is 0 Å². The van der Waals surface area contributed by atoms with Crippen LogP contribution in [0.2, 0.25) is 0 Å². The highest BCUT2D eigenvalue weighted by atomic mass is 16.3. The highest BCUT2D eigenvalue weighted by Gasteiger charge is 2.23. The number of aliphatic hydroxyl groups is 1. The van der Waals surface area contributed by atoms with Gasteiger partial charge in [-0.25, -0.2) is 0 Å². The quantitative estimate of drug-likeness (QED) is 0.886. The van der Waals surface area contributed by atoms with Gasteiger partial charge in [0.1, 0.15) is 5.69 Å². The fraction of sp³-hybridized carbons (Fsp3) is 0.733. The van der Waals surface area contributed by atoms with Crippen LogP contribution in [0, 0.1) is 0 Å². The Morgan fingerprint density at radius 1 is 1.45 bits per heavy atom. The van der Waals surface area contributed by atoms with E-state index >= 15 is 0 Å². The Hall–Kier alpha value is -1.36. The molecule has 112 valence electrons. The maximum absolute atomic E-state index is 12.4. The zero-order chi connectivity index (χ0) is 14.7. The van der Waals surface area contributed by atoms with Gasteiger partial charge in [0.2, 0.25) is 0 Å². The molecule has 5 nitrogen and oxygen atoms in total. The summed E-state index contributed by atoms with van der Waals surface area (Å²) in [5.74, 6) is 0.270. The topological polar surface area (TPSA) is 67.2 Å². The lowest BCUT2D eigenvalue weighted by atomic mass is 9.93. The van der Waals surface area contributed by atoms with Crippen molar-refractivity contribution in [2.45, 2.75) is 71.1 Å². The van der Waals surface area contributed by atoms with Crippen molar-refractivity contribution in [1.29, 1.82) is 0 Å². The molecule has 0 saturated heterocycles. The van der Waals surface area contributed by atoms with Gasteiger partial charge in [0, 0.05) is 12.6 Å². The van der Waals surface area contributed by atoms with E-state index in [4.69, 9.17) is 0 Å². The molecule has 0 radical (unpaired) electrons. The van der Waals surface area contributed by atoms with Gasteiger partial charge < -0.3 is 10.4 Å². The molecule has 2 rings (SSSR count). The molecule has 0 aromatic carbocycles. The van der Waals surface area contributed by atoms with Gasteiger partial charge >= 0.3 is 0 Å². The number of aliphatic hydroxyl groups excluding tert-OH is 1. The summed E-state index contributed by atoms with van der Waals surface area (Å²) >= 11 is 0. The number of nitrogens with zero attached hydrogens (tertiary/aromatic N) is 2.